The maximum absolute atomic E-state index is 5.90. The minimum Gasteiger partial charge on any atom is -0.364 e. The molecule has 0 saturated heterocycles. The molecule has 0 spiro atoms. The van der Waals surface area contributed by atoms with Crippen LogP contribution in [0.25, 0.3) is 11.2 Å². The summed E-state index contributed by atoms with van der Waals surface area (Å²) >= 11 is 5.90. The van der Waals surface area contributed by atoms with E-state index in [1.807, 2.05) is 24.3 Å². The molecule has 0 atom stereocenters. The maximum Gasteiger partial charge on any atom is 0.226 e. The second kappa shape index (κ2) is 4.78. The van der Waals surface area contributed by atoms with Crippen LogP contribution >= 0.6 is 11.6 Å². The highest BCUT2D eigenvalue weighted by atomic mass is 35.5. The topological polar surface area (TPSA) is 90.6 Å². The molecule has 0 fully saturated rings. The number of imidazole rings is 1. The summed E-state index contributed by atoms with van der Waals surface area (Å²) < 4.78 is 0. The highest BCUT2D eigenvalue weighted by Crippen LogP contribution is 2.28. The van der Waals surface area contributed by atoms with Gasteiger partial charge in [-0.05, 0) is 23.7 Å². The van der Waals surface area contributed by atoms with Crippen molar-refractivity contribution in [1.29, 1.82) is 0 Å². The summed E-state index contributed by atoms with van der Waals surface area (Å²) in [7, 11) is 0. The molecule has 21 heavy (non-hydrogen) atoms. The first-order valence-electron chi connectivity index (χ1n) is 6.52. The van der Waals surface area contributed by atoms with Gasteiger partial charge in [0.25, 0.3) is 0 Å². The largest absolute Gasteiger partial charge is 0.364 e. The van der Waals surface area contributed by atoms with Crippen molar-refractivity contribution in [3.63, 3.8) is 0 Å². The Bertz CT molecular complexity index is 775. The van der Waals surface area contributed by atoms with Crippen LogP contribution in [0.3, 0.4) is 0 Å². The second-order valence-corrected chi connectivity index (χ2v) is 5.05. The van der Waals surface area contributed by atoms with Gasteiger partial charge in [-0.15, -0.1) is 0 Å². The van der Waals surface area contributed by atoms with Gasteiger partial charge in [0.05, 0.1) is 24.2 Å². The molecule has 7 nitrogen and oxygen atoms in total. The van der Waals surface area contributed by atoms with E-state index in [4.69, 9.17) is 11.6 Å². The average Bonchev–Trinajstić information content (AvgIpc) is 3.10. The normalized spacial score (nSPS) is 13.8. The van der Waals surface area contributed by atoms with Crippen LogP contribution in [0, 0.1) is 0 Å². The van der Waals surface area contributed by atoms with E-state index in [9.17, 15) is 0 Å². The zero-order valence-electron chi connectivity index (χ0n) is 10.9. The molecule has 8 heteroatoms. The molecule has 3 heterocycles. The van der Waals surface area contributed by atoms with Crippen molar-refractivity contribution in [3.05, 3.63) is 35.9 Å². The van der Waals surface area contributed by atoms with Gasteiger partial charge in [0.2, 0.25) is 5.28 Å². The van der Waals surface area contributed by atoms with Crippen LogP contribution in [0.4, 0.5) is 17.2 Å². The molecule has 0 unspecified atom stereocenters. The van der Waals surface area contributed by atoms with Crippen molar-refractivity contribution in [3.8, 4) is 0 Å². The molecule has 2 aromatic heterocycles. The highest BCUT2D eigenvalue weighted by molar-refractivity contribution is 6.28. The van der Waals surface area contributed by atoms with E-state index in [1.165, 1.54) is 0 Å². The Labute approximate surface area is 125 Å². The lowest BCUT2D eigenvalue weighted by atomic mass is 10.3. The number of nitrogens with zero attached hydrogens (tertiary/aromatic N) is 3. The lowest BCUT2D eigenvalue weighted by Crippen LogP contribution is -2.31. The quantitative estimate of drug-likeness (QED) is 0.555. The Balaban J connectivity index is 1.51. The van der Waals surface area contributed by atoms with Gasteiger partial charge in [-0.1, -0.05) is 12.1 Å². The lowest BCUT2D eigenvalue weighted by molar-refractivity contribution is 0.875. The number of H-pyrrole nitrogens is 1. The first-order valence-corrected chi connectivity index (χ1v) is 6.90. The molecule has 0 bridgehead atoms. The third kappa shape index (κ3) is 2.21. The summed E-state index contributed by atoms with van der Waals surface area (Å²) in [6.07, 6.45) is 1.65. The number of anilines is 3. The number of hydrogen-bond donors (Lipinski definition) is 4. The molecule has 106 valence electrons. The fraction of sp³-hybridized carbons (Fsp3) is 0.154. The Morgan fingerprint density at radius 2 is 1.90 bits per heavy atom. The highest BCUT2D eigenvalue weighted by Gasteiger charge is 2.19. The van der Waals surface area contributed by atoms with Gasteiger partial charge in [-0.2, -0.15) is 9.97 Å². The van der Waals surface area contributed by atoms with Crippen LogP contribution in [0.1, 0.15) is 0 Å². The van der Waals surface area contributed by atoms with Crippen LogP contribution < -0.4 is 16.0 Å². The number of hydrogen-bond acceptors (Lipinski definition) is 6. The zero-order valence-corrected chi connectivity index (χ0v) is 11.6. The number of benzene rings is 1. The Kier molecular flexibility index (Phi) is 2.78. The van der Waals surface area contributed by atoms with Crippen LogP contribution in [-0.2, 0) is 0 Å². The number of rotatable bonds is 3. The van der Waals surface area contributed by atoms with Gasteiger partial charge in [-0.3, -0.25) is 0 Å². The van der Waals surface area contributed by atoms with Crippen LogP contribution in [-0.4, -0.2) is 32.6 Å². The molecule has 0 radical (unpaired) electrons. The average molecular weight is 302 g/mol. The summed E-state index contributed by atoms with van der Waals surface area (Å²) in [5.41, 5.74) is 3.48. The Morgan fingerprint density at radius 3 is 2.67 bits per heavy atom. The lowest BCUT2D eigenvalue weighted by Gasteiger charge is -2.14. The fourth-order valence-corrected chi connectivity index (χ4v) is 2.55. The van der Waals surface area contributed by atoms with Gasteiger partial charge in [0, 0.05) is 0 Å². The Morgan fingerprint density at radius 1 is 1.14 bits per heavy atom. The van der Waals surface area contributed by atoms with Gasteiger partial charge in [-0.25, -0.2) is 4.98 Å². The minimum absolute atomic E-state index is 0.0779. The molecule has 0 aliphatic carbocycles. The van der Waals surface area contributed by atoms with Crippen molar-refractivity contribution < 1.29 is 0 Å². The number of aromatic amines is 1. The molecular weight excluding hydrogens is 290 g/mol. The second-order valence-electron chi connectivity index (χ2n) is 4.71. The molecular formula is C13H12ClN7. The van der Waals surface area contributed by atoms with Crippen molar-refractivity contribution in [1.82, 2.24) is 19.9 Å². The summed E-state index contributed by atoms with van der Waals surface area (Å²) in [6, 6.07) is 8.08. The Hall–Kier alpha value is -2.54. The molecule has 1 aromatic carbocycles. The van der Waals surface area contributed by atoms with Gasteiger partial charge < -0.3 is 20.9 Å². The number of fused-ring (bicyclic) bond motifs is 2. The van der Waals surface area contributed by atoms with E-state index in [2.05, 4.69) is 35.9 Å². The predicted molar refractivity (Wildman–Crippen MR) is 82.7 cm³/mol. The van der Waals surface area contributed by atoms with Gasteiger partial charge >= 0.3 is 0 Å². The number of para-hydroxylation sites is 2. The number of aromatic nitrogens is 4. The van der Waals surface area contributed by atoms with E-state index in [1.54, 1.807) is 6.33 Å². The fourth-order valence-electron chi connectivity index (χ4n) is 2.38. The minimum atomic E-state index is 0.0779. The number of halogens is 1. The summed E-state index contributed by atoms with van der Waals surface area (Å²) in [4.78, 5) is 15.3. The van der Waals surface area contributed by atoms with E-state index >= 15 is 0 Å². The first-order chi connectivity index (χ1) is 10.3. The van der Waals surface area contributed by atoms with Gasteiger partial charge in [0.1, 0.15) is 11.7 Å². The predicted octanol–water partition coefficient (Wildman–Crippen LogP) is 2.28. The van der Waals surface area contributed by atoms with Crippen molar-refractivity contribution in [2.75, 3.05) is 22.5 Å². The third-order valence-corrected chi connectivity index (χ3v) is 3.49. The van der Waals surface area contributed by atoms with Crippen LogP contribution in [0.2, 0.25) is 5.28 Å². The van der Waals surface area contributed by atoms with Gasteiger partial charge in [0.15, 0.2) is 11.5 Å². The standard InChI is InChI=1S/C13H12ClN7/c14-13-20-11(10-12(21-13)17-6-16-10)15-5-9-18-7-3-1-2-4-8(7)19-9/h1-4,6,9,18-19H,5H2,(H2,15,16,17,20,21). The van der Waals surface area contributed by atoms with E-state index in [0.29, 0.717) is 18.0 Å². The zero-order chi connectivity index (χ0) is 14.2. The molecule has 4 rings (SSSR count). The molecule has 3 aromatic rings. The van der Waals surface area contributed by atoms with Crippen LogP contribution in [0.5, 0.6) is 0 Å². The van der Waals surface area contributed by atoms with Crippen LogP contribution in [0.15, 0.2) is 30.6 Å². The summed E-state index contributed by atoms with van der Waals surface area (Å²) in [5.74, 6) is 0.641. The number of nitrogens with one attached hydrogen (secondary N) is 4. The maximum atomic E-state index is 5.90. The van der Waals surface area contributed by atoms with Crippen molar-refractivity contribution >= 4 is 40.0 Å². The summed E-state index contributed by atoms with van der Waals surface area (Å²) in [5, 5.41) is 10.2. The molecule has 4 N–H and O–H groups in total. The monoisotopic (exact) mass is 301 g/mol. The van der Waals surface area contributed by atoms with Crippen molar-refractivity contribution in [2.24, 2.45) is 0 Å². The van der Waals surface area contributed by atoms with Crippen molar-refractivity contribution in [2.45, 2.75) is 6.17 Å². The molecule has 0 saturated carbocycles. The SMILES string of the molecule is Clc1nc(NCC2Nc3ccccc3N2)c2[nH]cnc2n1. The molecule has 1 aliphatic rings. The molecule has 1 aliphatic heterocycles. The third-order valence-electron chi connectivity index (χ3n) is 3.32. The molecule has 0 amide bonds. The van der Waals surface area contributed by atoms with E-state index in [0.717, 1.165) is 16.9 Å². The smallest absolute Gasteiger partial charge is 0.226 e. The van der Waals surface area contributed by atoms with E-state index in [-0.39, 0.29) is 11.4 Å². The summed E-state index contributed by atoms with van der Waals surface area (Å²) in [6.45, 7) is 0.635. The first kappa shape index (κ1) is 12.2. The van der Waals surface area contributed by atoms with E-state index < -0.39 is 0 Å².